The van der Waals surface area contributed by atoms with Crippen LogP contribution in [0.4, 0.5) is 39.5 Å². The third-order valence-corrected chi connectivity index (χ3v) is 5.57. The van der Waals surface area contributed by atoms with Gasteiger partial charge in [0.15, 0.2) is 17.5 Å². The van der Waals surface area contributed by atoms with Crippen LogP contribution in [0, 0.1) is 40.7 Å². The second-order valence-electron chi connectivity index (χ2n) is 8.00. The maximum absolute atomic E-state index is 14.7. The number of hydrogen-bond donors (Lipinski definition) is 0. The first-order valence-electron chi connectivity index (χ1n) is 10.7. The van der Waals surface area contributed by atoms with Gasteiger partial charge >= 0.3 is 6.11 Å². The summed E-state index contributed by atoms with van der Waals surface area (Å²) in [6, 6.07) is 7.94. The Balaban J connectivity index is 1.64. The molecule has 0 radical (unpaired) electrons. The fraction of sp³-hybridized carbons (Fsp3) is 0.111. The van der Waals surface area contributed by atoms with Gasteiger partial charge in [-0.25, -0.2) is 30.7 Å². The van der Waals surface area contributed by atoms with Gasteiger partial charge in [-0.1, -0.05) is 19.1 Å². The minimum absolute atomic E-state index is 0.211. The monoisotopic (exact) mass is 526 g/mol. The Morgan fingerprint density at radius 3 is 1.57 bits per heavy atom. The van der Waals surface area contributed by atoms with E-state index in [0.29, 0.717) is 42.3 Å². The third-order valence-electron chi connectivity index (χ3n) is 5.57. The third kappa shape index (κ3) is 5.14. The van der Waals surface area contributed by atoms with Gasteiger partial charge in [0.05, 0.1) is 0 Å². The molecule has 0 heterocycles. The zero-order chi connectivity index (χ0) is 27.1. The van der Waals surface area contributed by atoms with E-state index in [0.717, 1.165) is 18.2 Å². The van der Waals surface area contributed by atoms with E-state index in [4.69, 9.17) is 0 Å². The van der Waals surface area contributed by atoms with E-state index < -0.39 is 69.3 Å². The fourth-order valence-electron chi connectivity index (χ4n) is 3.72. The van der Waals surface area contributed by atoms with Gasteiger partial charge in [0.1, 0.15) is 34.6 Å². The van der Waals surface area contributed by atoms with Crippen LogP contribution in [-0.2, 0) is 12.5 Å². The van der Waals surface area contributed by atoms with Crippen LogP contribution in [0.25, 0.3) is 22.3 Å². The summed E-state index contributed by atoms with van der Waals surface area (Å²) in [5.74, 6) is -11.4. The van der Waals surface area contributed by atoms with E-state index in [-0.39, 0.29) is 11.1 Å². The van der Waals surface area contributed by atoms with Crippen molar-refractivity contribution in [2.75, 3.05) is 0 Å². The topological polar surface area (TPSA) is 9.23 Å². The van der Waals surface area contributed by atoms with Crippen molar-refractivity contribution in [2.24, 2.45) is 0 Å². The SMILES string of the molecule is CCc1ccc(-c2cc(F)c(C(F)(F)Oc3ccc(-c4cc(F)c(F)c(F)c4)c(F)c3)c(F)c2)c(F)c1. The highest BCUT2D eigenvalue weighted by Crippen LogP contribution is 2.38. The molecule has 192 valence electrons. The van der Waals surface area contributed by atoms with Crippen LogP contribution in [0.2, 0.25) is 0 Å². The Morgan fingerprint density at radius 1 is 0.595 bits per heavy atom. The van der Waals surface area contributed by atoms with Crippen molar-refractivity contribution >= 4 is 0 Å². The minimum atomic E-state index is -4.64. The summed E-state index contributed by atoms with van der Waals surface area (Å²) < 4.78 is 132. The molecule has 0 aliphatic rings. The van der Waals surface area contributed by atoms with Crippen LogP contribution < -0.4 is 4.74 Å². The van der Waals surface area contributed by atoms with Crippen molar-refractivity contribution in [3.05, 3.63) is 113 Å². The van der Waals surface area contributed by atoms with Gasteiger partial charge in [-0.3, -0.25) is 0 Å². The molecule has 4 aromatic carbocycles. The van der Waals surface area contributed by atoms with E-state index in [9.17, 15) is 39.5 Å². The maximum atomic E-state index is 14.7. The van der Waals surface area contributed by atoms with Crippen LogP contribution in [-0.4, -0.2) is 0 Å². The second-order valence-corrected chi connectivity index (χ2v) is 8.00. The molecule has 0 spiro atoms. The second kappa shape index (κ2) is 9.84. The molecule has 4 rings (SSSR count). The fourth-order valence-corrected chi connectivity index (χ4v) is 3.72. The molecule has 0 saturated heterocycles. The molecule has 0 amide bonds. The van der Waals surface area contributed by atoms with Gasteiger partial charge in [0.25, 0.3) is 0 Å². The molecule has 0 N–H and O–H groups in total. The van der Waals surface area contributed by atoms with Crippen molar-refractivity contribution in [2.45, 2.75) is 19.5 Å². The molecule has 0 unspecified atom stereocenters. The van der Waals surface area contributed by atoms with Crippen molar-refractivity contribution in [3.8, 4) is 28.0 Å². The molecule has 1 nitrogen and oxygen atoms in total. The Kier molecular flexibility index (Phi) is 6.94. The summed E-state index contributed by atoms with van der Waals surface area (Å²) >= 11 is 0. The van der Waals surface area contributed by atoms with Crippen LogP contribution in [0.1, 0.15) is 18.1 Å². The van der Waals surface area contributed by atoms with E-state index in [1.807, 2.05) is 0 Å². The highest BCUT2D eigenvalue weighted by Gasteiger charge is 2.41. The number of halogens is 9. The maximum Gasteiger partial charge on any atom is 0.432 e. The van der Waals surface area contributed by atoms with Gasteiger partial charge < -0.3 is 4.74 Å². The van der Waals surface area contributed by atoms with Gasteiger partial charge in [0, 0.05) is 17.2 Å². The molecule has 0 aromatic heterocycles. The molecular formula is C27H15F9O. The molecule has 0 saturated carbocycles. The van der Waals surface area contributed by atoms with Gasteiger partial charge in [-0.05, 0) is 65.6 Å². The number of alkyl halides is 2. The molecule has 0 atom stereocenters. The highest BCUT2D eigenvalue weighted by molar-refractivity contribution is 5.66. The molecular weight excluding hydrogens is 511 g/mol. The molecule has 0 aliphatic carbocycles. The zero-order valence-electron chi connectivity index (χ0n) is 18.8. The van der Waals surface area contributed by atoms with Crippen molar-refractivity contribution in [1.82, 2.24) is 0 Å². The normalized spacial score (nSPS) is 11.6. The lowest BCUT2D eigenvalue weighted by molar-refractivity contribution is -0.189. The minimum Gasteiger partial charge on any atom is -0.429 e. The van der Waals surface area contributed by atoms with E-state index in [1.165, 1.54) is 12.1 Å². The summed E-state index contributed by atoms with van der Waals surface area (Å²) in [5.41, 5.74) is -2.63. The van der Waals surface area contributed by atoms with Crippen molar-refractivity contribution in [3.63, 3.8) is 0 Å². The first-order chi connectivity index (χ1) is 17.4. The largest absolute Gasteiger partial charge is 0.432 e. The molecule has 0 aliphatic heterocycles. The number of benzene rings is 4. The Morgan fingerprint density at radius 2 is 1.08 bits per heavy atom. The summed E-state index contributed by atoms with van der Waals surface area (Å²) in [5, 5.41) is 0. The first-order valence-corrected chi connectivity index (χ1v) is 10.7. The lowest BCUT2D eigenvalue weighted by Gasteiger charge is -2.20. The molecule has 4 aromatic rings. The number of aryl methyl sites for hydroxylation is 1. The molecule has 0 fully saturated rings. The lowest BCUT2D eigenvalue weighted by Crippen LogP contribution is -2.25. The van der Waals surface area contributed by atoms with Crippen LogP contribution in [0.15, 0.2) is 60.7 Å². The van der Waals surface area contributed by atoms with E-state index >= 15 is 0 Å². The summed E-state index contributed by atoms with van der Waals surface area (Å²) in [6.07, 6.45) is -4.14. The van der Waals surface area contributed by atoms with Crippen LogP contribution >= 0.6 is 0 Å². The van der Waals surface area contributed by atoms with Gasteiger partial charge in [0.2, 0.25) is 0 Å². The summed E-state index contributed by atoms with van der Waals surface area (Å²) in [4.78, 5) is 0. The van der Waals surface area contributed by atoms with Gasteiger partial charge in [-0.2, -0.15) is 8.78 Å². The smallest absolute Gasteiger partial charge is 0.429 e. The highest BCUT2D eigenvalue weighted by atomic mass is 19.3. The predicted octanol–water partition coefficient (Wildman–Crippen LogP) is 8.69. The summed E-state index contributed by atoms with van der Waals surface area (Å²) in [6.45, 7) is 1.77. The average Bonchev–Trinajstić information content (AvgIpc) is 2.81. The van der Waals surface area contributed by atoms with Crippen molar-refractivity contribution in [1.29, 1.82) is 0 Å². The van der Waals surface area contributed by atoms with Crippen molar-refractivity contribution < 1.29 is 44.3 Å². The Labute approximate surface area is 204 Å². The zero-order valence-corrected chi connectivity index (χ0v) is 18.8. The lowest BCUT2D eigenvalue weighted by atomic mass is 10.00. The average molecular weight is 526 g/mol. The van der Waals surface area contributed by atoms with Crippen LogP contribution in [0.3, 0.4) is 0 Å². The Bertz CT molecular complexity index is 1450. The molecule has 37 heavy (non-hydrogen) atoms. The quantitative estimate of drug-likeness (QED) is 0.180. The molecule has 0 bridgehead atoms. The summed E-state index contributed by atoms with van der Waals surface area (Å²) in [7, 11) is 0. The van der Waals surface area contributed by atoms with E-state index in [1.54, 1.807) is 6.92 Å². The first kappa shape index (κ1) is 26.1. The number of hydrogen-bond acceptors (Lipinski definition) is 1. The number of ether oxygens (including phenoxy) is 1. The predicted molar refractivity (Wildman–Crippen MR) is 117 cm³/mol. The number of rotatable bonds is 6. The van der Waals surface area contributed by atoms with E-state index in [2.05, 4.69) is 4.74 Å². The van der Waals surface area contributed by atoms with Gasteiger partial charge in [-0.15, -0.1) is 0 Å². The molecule has 10 heteroatoms. The standard InChI is InChI=1S/C27H15F9O/c1-2-13-3-5-17(19(28)7-13)14-8-21(30)25(22(31)9-14)27(35,36)37-16-4-6-18(20(29)12-16)15-10-23(32)26(34)24(33)11-15/h3-12H,2H2,1H3. The van der Waals surface area contributed by atoms with Crippen LogP contribution in [0.5, 0.6) is 5.75 Å². The Hall–Kier alpha value is -3.95.